The predicted molar refractivity (Wildman–Crippen MR) is 210 cm³/mol. The Morgan fingerprint density at radius 2 is 1.13 bits per heavy atom. The summed E-state index contributed by atoms with van der Waals surface area (Å²) in [6.07, 6.45) is 2.29. The van der Waals surface area contributed by atoms with Gasteiger partial charge >= 0.3 is 11.9 Å². The number of fused-ring (bicyclic) bond motifs is 6. The Morgan fingerprint density at radius 3 is 1.91 bits per heavy atom. The predicted octanol–water partition coefficient (Wildman–Crippen LogP) is 9.73. The number of carbonyl (C=O) groups excluding carboxylic acids is 2. The molecule has 6 heteroatoms. The maximum Gasteiger partial charge on any atom is 0.330 e. The molecule has 1 atom stereocenters. The average Bonchev–Trinajstić information content (AvgIpc) is 3.49. The van der Waals surface area contributed by atoms with Crippen LogP contribution in [0.1, 0.15) is 22.3 Å². The summed E-state index contributed by atoms with van der Waals surface area (Å²) in [7, 11) is 0. The minimum absolute atomic E-state index is 0.116. The molecule has 0 aliphatic heterocycles. The maximum absolute atomic E-state index is 11.6. The van der Waals surface area contributed by atoms with Gasteiger partial charge in [-0.2, -0.15) is 0 Å². The molecule has 7 aromatic carbocycles. The number of ether oxygens (including phenoxy) is 4. The summed E-state index contributed by atoms with van der Waals surface area (Å²) in [5.74, 6) is 0.452. The standard InChI is InChI=1S/C47H36O6/c1-3-45(48)52-25-23-50-36-20-18-33-27-35(19-17-34(33)28-36)47(41-16-10-9-14-38(41)40-29-31-11-5-6-12-32(31)30-43(40)47)42-21-22-44(39-15-8-7-13-37(39)42)51-24-26-53-46(49)4-2/h3-22,27-30H,1-2,23-26H2. The summed E-state index contributed by atoms with van der Waals surface area (Å²) >= 11 is 0. The lowest BCUT2D eigenvalue weighted by Crippen LogP contribution is -2.29. The molecule has 0 saturated heterocycles. The smallest absolute Gasteiger partial charge is 0.330 e. The Labute approximate surface area is 307 Å². The van der Waals surface area contributed by atoms with Gasteiger partial charge in [0.2, 0.25) is 0 Å². The molecule has 260 valence electrons. The molecule has 1 aliphatic rings. The van der Waals surface area contributed by atoms with Crippen LogP contribution in [0.25, 0.3) is 43.4 Å². The van der Waals surface area contributed by atoms with Crippen molar-refractivity contribution < 1.29 is 28.5 Å². The maximum atomic E-state index is 11.6. The summed E-state index contributed by atoms with van der Waals surface area (Å²) in [5, 5.41) is 6.48. The van der Waals surface area contributed by atoms with Crippen molar-refractivity contribution in [2.24, 2.45) is 0 Å². The second-order valence-electron chi connectivity index (χ2n) is 12.9. The van der Waals surface area contributed by atoms with Crippen molar-refractivity contribution in [3.05, 3.63) is 181 Å². The number of benzene rings is 7. The summed E-state index contributed by atoms with van der Waals surface area (Å²) in [6.45, 7) is 7.60. The van der Waals surface area contributed by atoms with Crippen molar-refractivity contribution in [2.45, 2.75) is 5.41 Å². The van der Waals surface area contributed by atoms with Crippen molar-refractivity contribution in [3.63, 3.8) is 0 Å². The Hall–Kier alpha value is -6.66. The fraction of sp³-hybridized carbons (Fsp3) is 0.106. The molecule has 8 rings (SSSR count). The van der Waals surface area contributed by atoms with E-state index in [-0.39, 0.29) is 26.4 Å². The van der Waals surface area contributed by atoms with Gasteiger partial charge in [-0.1, -0.05) is 110 Å². The van der Waals surface area contributed by atoms with Crippen molar-refractivity contribution in [1.82, 2.24) is 0 Å². The van der Waals surface area contributed by atoms with Crippen LogP contribution in [-0.4, -0.2) is 38.4 Å². The van der Waals surface area contributed by atoms with Crippen molar-refractivity contribution in [1.29, 1.82) is 0 Å². The molecule has 53 heavy (non-hydrogen) atoms. The van der Waals surface area contributed by atoms with Gasteiger partial charge in [0.15, 0.2) is 0 Å². The first-order valence-corrected chi connectivity index (χ1v) is 17.5. The Kier molecular flexibility index (Phi) is 8.95. The van der Waals surface area contributed by atoms with E-state index < -0.39 is 17.4 Å². The molecule has 0 spiro atoms. The summed E-state index contributed by atoms with van der Waals surface area (Å²) < 4.78 is 22.4. The highest BCUT2D eigenvalue weighted by Crippen LogP contribution is 2.58. The van der Waals surface area contributed by atoms with Crippen LogP contribution in [0.4, 0.5) is 0 Å². The third kappa shape index (κ3) is 5.98. The molecule has 0 fully saturated rings. The van der Waals surface area contributed by atoms with Crippen LogP contribution in [0.15, 0.2) is 159 Å². The molecule has 0 saturated carbocycles. The highest BCUT2D eigenvalue weighted by Gasteiger charge is 2.47. The van der Waals surface area contributed by atoms with E-state index in [0.29, 0.717) is 11.5 Å². The van der Waals surface area contributed by atoms with Crippen LogP contribution in [-0.2, 0) is 24.5 Å². The molecule has 0 bridgehead atoms. The van der Waals surface area contributed by atoms with Gasteiger partial charge in [0.25, 0.3) is 0 Å². The normalized spacial score (nSPS) is 14.3. The van der Waals surface area contributed by atoms with Gasteiger partial charge in [-0.05, 0) is 96.7 Å². The molecule has 0 heterocycles. The number of rotatable bonds is 12. The second-order valence-corrected chi connectivity index (χ2v) is 12.9. The number of hydrogen-bond donors (Lipinski definition) is 0. The zero-order chi connectivity index (χ0) is 36.4. The van der Waals surface area contributed by atoms with Gasteiger partial charge in [-0.25, -0.2) is 9.59 Å². The summed E-state index contributed by atoms with van der Waals surface area (Å²) in [6, 6.07) is 47.2. The van der Waals surface area contributed by atoms with Crippen molar-refractivity contribution in [2.75, 3.05) is 26.4 Å². The van der Waals surface area contributed by atoms with Gasteiger partial charge in [-0.3, -0.25) is 0 Å². The highest BCUT2D eigenvalue weighted by atomic mass is 16.6. The van der Waals surface area contributed by atoms with E-state index in [1.54, 1.807) is 0 Å². The highest BCUT2D eigenvalue weighted by molar-refractivity contribution is 6.00. The number of esters is 2. The lowest BCUT2D eigenvalue weighted by atomic mass is 9.66. The van der Waals surface area contributed by atoms with E-state index in [2.05, 4.69) is 122 Å². The molecule has 0 amide bonds. The van der Waals surface area contributed by atoms with E-state index in [9.17, 15) is 9.59 Å². The quantitative estimate of drug-likeness (QED) is 0.0720. The number of hydrogen-bond acceptors (Lipinski definition) is 6. The molecular formula is C47H36O6. The molecule has 6 nitrogen and oxygen atoms in total. The fourth-order valence-electron chi connectivity index (χ4n) is 7.70. The zero-order valence-electron chi connectivity index (χ0n) is 29.0. The fourth-order valence-corrected chi connectivity index (χ4v) is 7.70. The third-order valence-corrected chi connectivity index (χ3v) is 9.96. The van der Waals surface area contributed by atoms with Crippen LogP contribution < -0.4 is 9.47 Å². The van der Waals surface area contributed by atoms with E-state index in [4.69, 9.17) is 18.9 Å². The van der Waals surface area contributed by atoms with Crippen LogP contribution in [0.3, 0.4) is 0 Å². The van der Waals surface area contributed by atoms with Gasteiger partial charge in [-0.15, -0.1) is 0 Å². The van der Waals surface area contributed by atoms with E-state index in [1.807, 2.05) is 24.3 Å². The van der Waals surface area contributed by atoms with Gasteiger partial charge in [0.1, 0.15) is 37.9 Å². The van der Waals surface area contributed by atoms with E-state index in [1.165, 1.54) is 33.0 Å². The van der Waals surface area contributed by atoms with Gasteiger partial charge in [0.05, 0.1) is 5.41 Å². The van der Waals surface area contributed by atoms with Gasteiger partial charge < -0.3 is 18.9 Å². The van der Waals surface area contributed by atoms with Crippen LogP contribution in [0.5, 0.6) is 11.5 Å². The van der Waals surface area contributed by atoms with Gasteiger partial charge in [0, 0.05) is 17.5 Å². The van der Waals surface area contributed by atoms with E-state index >= 15 is 0 Å². The van der Waals surface area contributed by atoms with E-state index in [0.717, 1.165) is 44.8 Å². The molecule has 7 aromatic rings. The average molecular weight is 697 g/mol. The summed E-state index contributed by atoms with van der Waals surface area (Å²) in [4.78, 5) is 23.1. The van der Waals surface area contributed by atoms with Crippen molar-refractivity contribution >= 4 is 44.3 Å². The molecule has 1 unspecified atom stereocenters. The Bertz CT molecular complexity index is 2570. The first-order valence-electron chi connectivity index (χ1n) is 17.5. The molecule has 1 aliphatic carbocycles. The van der Waals surface area contributed by atoms with Crippen LogP contribution >= 0.6 is 0 Å². The summed E-state index contributed by atoms with van der Waals surface area (Å²) in [5.41, 5.74) is 6.39. The van der Waals surface area contributed by atoms with Crippen LogP contribution in [0.2, 0.25) is 0 Å². The van der Waals surface area contributed by atoms with Crippen LogP contribution in [0, 0.1) is 0 Å². The monoisotopic (exact) mass is 696 g/mol. The molecule has 0 N–H and O–H groups in total. The minimum atomic E-state index is -0.689. The molecule has 0 aromatic heterocycles. The number of carbonyl (C=O) groups is 2. The Morgan fingerprint density at radius 1 is 0.509 bits per heavy atom. The molecular weight excluding hydrogens is 661 g/mol. The first-order chi connectivity index (χ1) is 26.0. The second kappa shape index (κ2) is 14.2. The first kappa shape index (κ1) is 33.5. The lowest BCUT2D eigenvalue weighted by Gasteiger charge is -2.35. The lowest BCUT2D eigenvalue weighted by molar-refractivity contribution is -0.139. The minimum Gasteiger partial charge on any atom is -0.490 e. The zero-order valence-corrected chi connectivity index (χ0v) is 29.0. The topological polar surface area (TPSA) is 71.1 Å². The molecule has 0 radical (unpaired) electrons. The third-order valence-electron chi connectivity index (χ3n) is 9.96. The largest absolute Gasteiger partial charge is 0.490 e. The Balaban J connectivity index is 1.31. The SMILES string of the molecule is C=CC(=O)OCCOc1ccc2cc(C3(c4ccc(OCCOC(=O)C=C)c5ccccc45)c4ccccc4-c4cc5ccccc5cc43)ccc2c1. The van der Waals surface area contributed by atoms with Crippen molar-refractivity contribution in [3.8, 4) is 22.6 Å².